The fourth-order valence-electron chi connectivity index (χ4n) is 5.63. The lowest BCUT2D eigenvalue weighted by molar-refractivity contribution is 0.0697. The van der Waals surface area contributed by atoms with Crippen molar-refractivity contribution in [3.63, 3.8) is 0 Å². The Bertz CT molecular complexity index is 560. The second-order valence-electron chi connectivity index (χ2n) is 9.17. The normalized spacial score (nSPS) is 28.8. The van der Waals surface area contributed by atoms with Gasteiger partial charge in [0.25, 0.3) is 0 Å². The molecule has 0 amide bonds. The largest absolute Gasteiger partial charge is 0.478 e. The minimum absolute atomic E-state index is 0.402. The average Bonchev–Trinajstić information content (AvgIpc) is 2.72. The maximum absolute atomic E-state index is 11.0. The number of carboxylic acid groups (broad SMARTS) is 1. The number of unbranched alkanes of at least 4 members (excludes halogenated alkanes) is 3. The molecule has 1 aromatic carbocycles. The van der Waals surface area contributed by atoms with E-state index in [1.54, 1.807) is 12.1 Å². The van der Waals surface area contributed by atoms with Crippen molar-refractivity contribution in [3.05, 3.63) is 35.4 Å². The molecule has 0 saturated heterocycles. The van der Waals surface area contributed by atoms with Crippen molar-refractivity contribution in [2.75, 3.05) is 0 Å². The van der Waals surface area contributed by atoms with Crippen LogP contribution in [0.5, 0.6) is 0 Å². The molecule has 0 bridgehead atoms. The lowest BCUT2D eigenvalue weighted by Gasteiger charge is -2.38. The van der Waals surface area contributed by atoms with Crippen LogP contribution < -0.4 is 0 Å². The van der Waals surface area contributed by atoms with E-state index in [1.807, 2.05) is 12.1 Å². The highest BCUT2D eigenvalue weighted by atomic mass is 16.4. The van der Waals surface area contributed by atoms with Crippen molar-refractivity contribution in [3.8, 4) is 0 Å². The first kappa shape index (κ1) is 20.4. The third-order valence-electron chi connectivity index (χ3n) is 7.42. The van der Waals surface area contributed by atoms with Crippen LogP contribution in [0.2, 0.25) is 0 Å². The number of benzene rings is 1. The van der Waals surface area contributed by atoms with Gasteiger partial charge < -0.3 is 5.11 Å². The summed E-state index contributed by atoms with van der Waals surface area (Å²) in [7, 11) is 0. The monoisotopic (exact) mass is 370 g/mol. The zero-order valence-corrected chi connectivity index (χ0v) is 17.2. The van der Waals surface area contributed by atoms with Crippen molar-refractivity contribution >= 4 is 5.97 Å². The summed E-state index contributed by atoms with van der Waals surface area (Å²) in [6.45, 7) is 2.30. The third kappa shape index (κ3) is 5.83. The van der Waals surface area contributed by atoms with E-state index in [-0.39, 0.29) is 0 Å². The molecule has 2 fully saturated rings. The molecule has 27 heavy (non-hydrogen) atoms. The second kappa shape index (κ2) is 10.3. The maximum atomic E-state index is 11.0. The van der Waals surface area contributed by atoms with Crippen LogP contribution in [0.15, 0.2) is 24.3 Å². The number of hydrogen-bond donors (Lipinski definition) is 1. The van der Waals surface area contributed by atoms with Gasteiger partial charge in [0.1, 0.15) is 0 Å². The van der Waals surface area contributed by atoms with Gasteiger partial charge in [-0.2, -0.15) is 0 Å². The van der Waals surface area contributed by atoms with E-state index in [1.165, 1.54) is 89.0 Å². The molecule has 0 spiro atoms. The van der Waals surface area contributed by atoms with Gasteiger partial charge in [-0.3, -0.25) is 0 Å². The first-order chi connectivity index (χ1) is 13.2. The van der Waals surface area contributed by atoms with Crippen molar-refractivity contribution in [2.24, 2.45) is 17.8 Å². The lowest BCUT2D eigenvalue weighted by atomic mass is 9.68. The van der Waals surface area contributed by atoms with Gasteiger partial charge in [-0.15, -0.1) is 0 Å². The van der Waals surface area contributed by atoms with Gasteiger partial charge in [-0.05, 0) is 79.9 Å². The molecule has 2 nitrogen and oxygen atoms in total. The van der Waals surface area contributed by atoms with Crippen LogP contribution in [0.3, 0.4) is 0 Å². The molecule has 3 rings (SSSR count). The Labute approximate surface area is 165 Å². The highest BCUT2D eigenvalue weighted by molar-refractivity contribution is 5.87. The smallest absolute Gasteiger partial charge is 0.335 e. The Morgan fingerprint density at radius 1 is 0.852 bits per heavy atom. The summed E-state index contributed by atoms with van der Waals surface area (Å²) in [5.41, 5.74) is 1.74. The van der Waals surface area contributed by atoms with E-state index in [0.717, 1.165) is 17.8 Å². The Balaban J connectivity index is 1.39. The van der Waals surface area contributed by atoms with Crippen LogP contribution in [0, 0.1) is 17.8 Å². The van der Waals surface area contributed by atoms with E-state index in [2.05, 4.69) is 6.92 Å². The van der Waals surface area contributed by atoms with Crippen molar-refractivity contribution in [1.29, 1.82) is 0 Å². The van der Waals surface area contributed by atoms with Gasteiger partial charge >= 0.3 is 5.97 Å². The molecule has 2 saturated carbocycles. The number of carboxylic acids is 1. The van der Waals surface area contributed by atoms with Crippen molar-refractivity contribution < 1.29 is 9.90 Å². The van der Waals surface area contributed by atoms with Crippen LogP contribution in [-0.4, -0.2) is 11.1 Å². The molecule has 1 N–H and O–H groups in total. The first-order valence-electron chi connectivity index (χ1n) is 11.5. The summed E-state index contributed by atoms with van der Waals surface area (Å²) in [4.78, 5) is 11.0. The van der Waals surface area contributed by atoms with Crippen molar-refractivity contribution in [1.82, 2.24) is 0 Å². The van der Waals surface area contributed by atoms with E-state index in [0.29, 0.717) is 11.5 Å². The molecule has 0 aromatic heterocycles. The molecule has 0 unspecified atom stereocenters. The molecule has 2 aliphatic carbocycles. The molecule has 2 heteroatoms. The third-order valence-corrected chi connectivity index (χ3v) is 7.42. The van der Waals surface area contributed by atoms with E-state index < -0.39 is 5.97 Å². The van der Waals surface area contributed by atoms with E-state index >= 15 is 0 Å². The van der Waals surface area contributed by atoms with Crippen LogP contribution >= 0.6 is 0 Å². The van der Waals surface area contributed by atoms with Gasteiger partial charge in [0.05, 0.1) is 5.56 Å². The summed E-state index contributed by atoms with van der Waals surface area (Å²) in [6.07, 6.45) is 18.4. The molecule has 0 atom stereocenters. The summed E-state index contributed by atoms with van der Waals surface area (Å²) >= 11 is 0. The first-order valence-corrected chi connectivity index (χ1v) is 11.5. The maximum Gasteiger partial charge on any atom is 0.335 e. The zero-order valence-electron chi connectivity index (χ0n) is 17.2. The Hall–Kier alpha value is -1.31. The van der Waals surface area contributed by atoms with Crippen LogP contribution in [0.25, 0.3) is 0 Å². The standard InChI is InChI=1S/C25H38O2/c1-2-3-4-5-6-19-7-9-20(10-8-19)21-11-13-22(14-12-21)23-15-17-24(18-16-23)25(26)27/h15-22H,2-14H2,1H3,(H,26,27)/t19-,20-,21-,22-. The molecular weight excluding hydrogens is 332 g/mol. The Morgan fingerprint density at radius 2 is 1.44 bits per heavy atom. The van der Waals surface area contributed by atoms with E-state index in [9.17, 15) is 4.79 Å². The predicted molar refractivity (Wildman–Crippen MR) is 112 cm³/mol. The summed E-state index contributed by atoms with van der Waals surface area (Å²) in [5, 5.41) is 9.06. The lowest BCUT2D eigenvalue weighted by Crippen LogP contribution is -2.25. The molecule has 1 aromatic rings. The molecule has 150 valence electrons. The zero-order chi connectivity index (χ0) is 19.1. The average molecular weight is 371 g/mol. The predicted octanol–water partition coefficient (Wildman–Crippen LogP) is 7.44. The quantitative estimate of drug-likeness (QED) is 0.483. The van der Waals surface area contributed by atoms with Gasteiger partial charge in [-0.25, -0.2) is 4.79 Å². The Kier molecular flexibility index (Phi) is 7.79. The fraction of sp³-hybridized carbons (Fsp3) is 0.720. The van der Waals surface area contributed by atoms with Crippen LogP contribution in [0.1, 0.15) is 112 Å². The highest BCUT2D eigenvalue weighted by Crippen LogP contribution is 2.44. The minimum atomic E-state index is -0.828. The van der Waals surface area contributed by atoms with Crippen LogP contribution in [0.4, 0.5) is 0 Å². The molecule has 0 heterocycles. The molecule has 0 radical (unpaired) electrons. The highest BCUT2D eigenvalue weighted by Gasteiger charge is 2.31. The van der Waals surface area contributed by atoms with Gasteiger partial charge in [0.15, 0.2) is 0 Å². The van der Waals surface area contributed by atoms with Gasteiger partial charge in [0.2, 0.25) is 0 Å². The van der Waals surface area contributed by atoms with Gasteiger partial charge in [-0.1, -0.05) is 64.0 Å². The SMILES string of the molecule is CCCCCC[C@H]1CC[C@H]([C@H]2CC[C@H](c3ccc(C(=O)O)cc3)CC2)CC1. The summed E-state index contributed by atoms with van der Waals surface area (Å²) in [5.74, 6) is 2.75. The molecular formula is C25H38O2. The second-order valence-corrected chi connectivity index (χ2v) is 9.17. The summed E-state index contributed by atoms with van der Waals surface area (Å²) < 4.78 is 0. The fourth-order valence-corrected chi connectivity index (χ4v) is 5.63. The number of carbonyl (C=O) groups is 1. The topological polar surface area (TPSA) is 37.3 Å². The number of rotatable bonds is 8. The number of aromatic carboxylic acids is 1. The van der Waals surface area contributed by atoms with Gasteiger partial charge in [0, 0.05) is 0 Å². The van der Waals surface area contributed by atoms with Crippen molar-refractivity contribution in [2.45, 2.75) is 96.3 Å². The van der Waals surface area contributed by atoms with Crippen LogP contribution in [-0.2, 0) is 0 Å². The molecule has 0 aliphatic heterocycles. The minimum Gasteiger partial charge on any atom is -0.478 e. The Morgan fingerprint density at radius 3 is 2.00 bits per heavy atom. The molecule has 2 aliphatic rings. The summed E-state index contributed by atoms with van der Waals surface area (Å²) in [6, 6.07) is 7.62. The van der Waals surface area contributed by atoms with E-state index in [4.69, 9.17) is 5.11 Å². The number of hydrogen-bond acceptors (Lipinski definition) is 1.